The van der Waals surface area contributed by atoms with Crippen LogP contribution >= 0.6 is 0 Å². The number of halogens is 1. The van der Waals surface area contributed by atoms with E-state index in [1.807, 2.05) is 39.8 Å². The maximum atomic E-state index is 13.2. The highest BCUT2D eigenvalue weighted by Crippen LogP contribution is 2.27. The Morgan fingerprint density at radius 2 is 1.88 bits per heavy atom. The molecule has 0 aliphatic rings. The lowest BCUT2D eigenvalue weighted by atomic mass is 9.95. The fraction of sp³-hybridized carbons (Fsp3) is 0.462. The summed E-state index contributed by atoms with van der Waals surface area (Å²) in [6.07, 6.45) is 0. The molecular weight excluding hydrogens is 219 g/mol. The predicted octanol–water partition coefficient (Wildman–Crippen LogP) is 2.88. The minimum atomic E-state index is -0.504. The molecule has 1 amide bonds. The highest BCUT2D eigenvalue weighted by atomic mass is 19.1. The molecule has 1 aromatic carbocycles. The van der Waals surface area contributed by atoms with Gasteiger partial charge in [-0.1, -0.05) is 20.8 Å². The molecule has 4 heteroatoms. The minimum Gasteiger partial charge on any atom is -0.376 e. The Morgan fingerprint density at radius 3 is 2.35 bits per heavy atom. The maximum Gasteiger partial charge on any atom is 0.229 e. The van der Waals surface area contributed by atoms with Gasteiger partial charge in [-0.15, -0.1) is 0 Å². The molecule has 0 heterocycles. The van der Waals surface area contributed by atoms with Gasteiger partial charge >= 0.3 is 0 Å². The lowest BCUT2D eigenvalue weighted by Crippen LogP contribution is -2.28. The van der Waals surface area contributed by atoms with Gasteiger partial charge in [-0.3, -0.25) is 4.79 Å². The van der Waals surface area contributed by atoms with Crippen molar-refractivity contribution in [1.82, 2.24) is 0 Å². The normalized spacial score (nSPS) is 11.2. The number of carbonyl (C=O) groups excluding carboxylic acids is 1. The van der Waals surface area contributed by atoms with Crippen LogP contribution in [-0.4, -0.2) is 20.0 Å². The fourth-order valence-corrected chi connectivity index (χ4v) is 1.31. The first-order valence-electron chi connectivity index (χ1n) is 5.50. The molecule has 0 saturated carbocycles. The lowest BCUT2D eigenvalue weighted by molar-refractivity contribution is -0.123. The molecule has 1 rings (SSSR count). The highest BCUT2D eigenvalue weighted by Gasteiger charge is 2.22. The van der Waals surface area contributed by atoms with Gasteiger partial charge in [0.25, 0.3) is 0 Å². The van der Waals surface area contributed by atoms with Gasteiger partial charge in [-0.2, -0.15) is 0 Å². The third kappa shape index (κ3) is 3.44. The average Bonchev–Trinajstić information content (AvgIpc) is 2.15. The van der Waals surface area contributed by atoms with Gasteiger partial charge in [0.2, 0.25) is 5.91 Å². The SMILES string of the molecule is CN(C)c1ccc(F)cc1NC(=O)C(C)(C)C. The van der Waals surface area contributed by atoms with Gasteiger partial charge in [0.15, 0.2) is 0 Å². The van der Waals surface area contributed by atoms with E-state index in [1.165, 1.54) is 12.1 Å². The van der Waals surface area contributed by atoms with Gasteiger partial charge in [-0.05, 0) is 18.2 Å². The number of carbonyl (C=O) groups is 1. The summed E-state index contributed by atoms with van der Waals surface area (Å²) in [5.74, 6) is -0.494. The Balaban J connectivity index is 3.05. The van der Waals surface area contributed by atoms with Crippen LogP contribution in [0.15, 0.2) is 18.2 Å². The van der Waals surface area contributed by atoms with Crippen molar-refractivity contribution in [1.29, 1.82) is 0 Å². The van der Waals surface area contributed by atoms with Crippen molar-refractivity contribution in [2.45, 2.75) is 20.8 Å². The first-order valence-corrected chi connectivity index (χ1v) is 5.50. The van der Waals surface area contributed by atoms with E-state index in [-0.39, 0.29) is 11.7 Å². The van der Waals surface area contributed by atoms with Crippen molar-refractivity contribution in [2.24, 2.45) is 5.41 Å². The quantitative estimate of drug-likeness (QED) is 0.859. The zero-order valence-electron chi connectivity index (χ0n) is 11.0. The monoisotopic (exact) mass is 238 g/mol. The second kappa shape index (κ2) is 4.73. The summed E-state index contributed by atoms with van der Waals surface area (Å²) in [4.78, 5) is 13.7. The minimum absolute atomic E-state index is 0.133. The smallest absolute Gasteiger partial charge is 0.229 e. The first-order chi connectivity index (χ1) is 7.71. The summed E-state index contributed by atoms with van der Waals surface area (Å²) in [6, 6.07) is 4.36. The Hall–Kier alpha value is -1.58. The zero-order chi connectivity index (χ0) is 13.2. The Bertz CT molecular complexity index is 422. The van der Waals surface area contributed by atoms with Crippen LogP contribution in [0.25, 0.3) is 0 Å². The molecule has 0 aromatic heterocycles. The van der Waals surface area contributed by atoms with Gasteiger partial charge in [0.1, 0.15) is 5.82 Å². The second-order valence-corrected chi connectivity index (χ2v) is 5.26. The van der Waals surface area contributed by atoms with E-state index in [4.69, 9.17) is 0 Å². The van der Waals surface area contributed by atoms with Crippen molar-refractivity contribution in [3.05, 3.63) is 24.0 Å². The molecule has 94 valence electrons. The van der Waals surface area contributed by atoms with Crippen LogP contribution in [0.4, 0.5) is 15.8 Å². The third-order valence-electron chi connectivity index (χ3n) is 2.37. The van der Waals surface area contributed by atoms with E-state index in [9.17, 15) is 9.18 Å². The topological polar surface area (TPSA) is 32.3 Å². The number of benzene rings is 1. The van der Waals surface area contributed by atoms with Crippen molar-refractivity contribution in [3.63, 3.8) is 0 Å². The van der Waals surface area contributed by atoms with E-state index in [0.717, 1.165) is 5.69 Å². The third-order valence-corrected chi connectivity index (χ3v) is 2.37. The van der Waals surface area contributed by atoms with E-state index in [2.05, 4.69) is 5.32 Å². The largest absolute Gasteiger partial charge is 0.376 e. The van der Waals surface area contributed by atoms with Gasteiger partial charge in [0, 0.05) is 19.5 Å². The van der Waals surface area contributed by atoms with E-state index >= 15 is 0 Å². The molecule has 17 heavy (non-hydrogen) atoms. The molecular formula is C13H19FN2O. The van der Waals surface area contributed by atoms with Crippen LogP contribution in [0.1, 0.15) is 20.8 Å². The molecule has 0 unspecified atom stereocenters. The second-order valence-electron chi connectivity index (χ2n) is 5.26. The zero-order valence-corrected chi connectivity index (χ0v) is 11.0. The molecule has 3 nitrogen and oxygen atoms in total. The summed E-state index contributed by atoms with van der Waals surface area (Å²) in [6.45, 7) is 5.45. The van der Waals surface area contributed by atoms with Gasteiger partial charge in [0.05, 0.1) is 11.4 Å². The summed E-state index contributed by atoms with van der Waals surface area (Å²) in [7, 11) is 3.69. The fourth-order valence-electron chi connectivity index (χ4n) is 1.31. The molecule has 0 atom stereocenters. The molecule has 0 aliphatic carbocycles. The number of hydrogen-bond acceptors (Lipinski definition) is 2. The van der Waals surface area contributed by atoms with Crippen LogP contribution in [0.3, 0.4) is 0 Å². The van der Waals surface area contributed by atoms with Gasteiger partial charge in [-0.25, -0.2) is 4.39 Å². The summed E-state index contributed by atoms with van der Waals surface area (Å²) in [5.41, 5.74) is 0.773. The van der Waals surface area contributed by atoms with Crippen LogP contribution in [-0.2, 0) is 4.79 Å². The maximum absolute atomic E-state index is 13.2. The number of nitrogens with zero attached hydrogens (tertiary/aromatic N) is 1. The molecule has 1 aromatic rings. The summed E-state index contributed by atoms with van der Waals surface area (Å²) >= 11 is 0. The van der Waals surface area contributed by atoms with Crippen molar-refractivity contribution >= 4 is 17.3 Å². The number of anilines is 2. The number of amides is 1. The van der Waals surface area contributed by atoms with E-state index in [0.29, 0.717) is 5.69 Å². The summed E-state index contributed by atoms with van der Waals surface area (Å²) in [5, 5.41) is 2.75. The molecule has 0 spiro atoms. The van der Waals surface area contributed by atoms with Crippen LogP contribution < -0.4 is 10.2 Å². The molecule has 0 fully saturated rings. The van der Waals surface area contributed by atoms with Crippen molar-refractivity contribution < 1.29 is 9.18 Å². The summed E-state index contributed by atoms with van der Waals surface area (Å²) < 4.78 is 13.2. The predicted molar refractivity (Wildman–Crippen MR) is 68.8 cm³/mol. The molecule has 0 saturated heterocycles. The van der Waals surface area contributed by atoms with Crippen molar-refractivity contribution in [2.75, 3.05) is 24.3 Å². The van der Waals surface area contributed by atoms with Crippen LogP contribution in [0.5, 0.6) is 0 Å². The number of rotatable bonds is 2. The molecule has 0 aliphatic heterocycles. The standard InChI is InChI=1S/C13H19FN2O/c1-13(2,3)12(17)15-10-8-9(14)6-7-11(10)16(4)5/h6-8H,1-5H3,(H,15,17). The molecule has 0 radical (unpaired) electrons. The Morgan fingerprint density at radius 1 is 1.29 bits per heavy atom. The van der Waals surface area contributed by atoms with E-state index < -0.39 is 5.41 Å². The average molecular weight is 238 g/mol. The first kappa shape index (κ1) is 13.5. The Labute approximate surface area is 102 Å². The van der Waals surface area contributed by atoms with E-state index in [1.54, 1.807) is 6.07 Å². The number of nitrogens with one attached hydrogen (secondary N) is 1. The highest BCUT2D eigenvalue weighted by molar-refractivity contribution is 5.97. The van der Waals surface area contributed by atoms with Crippen LogP contribution in [0, 0.1) is 11.2 Å². The Kier molecular flexibility index (Phi) is 3.76. The lowest BCUT2D eigenvalue weighted by Gasteiger charge is -2.22. The van der Waals surface area contributed by atoms with Crippen molar-refractivity contribution in [3.8, 4) is 0 Å². The molecule has 1 N–H and O–H groups in total. The number of hydrogen-bond donors (Lipinski definition) is 1. The van der Waals surface area contributed by atoms with Crippen LogP contribution in [0.2, 0.25) is 0 Å². The molecule has 0 bridgehead atoms. The van der Waals surface area contributed by atoms with Gasteiger partial charge < -0.3 is 10.2 Å².